The van der Waals surface area contributed by atoms with E-state index >= 15 is 0 Å². The Balaban J connectivity index is 0.000000970. The highest BCUT2D eigenvalue weighted by atomic mass is 16.3. The molecule has 3 aromatic rings. The van der Waals surface area contributed by atoms with E-state index in [4.69, 9.17) is 0 Å². The Morgan fingerprint density at radius 1 is 0.853 bits per heavy atom. The Morgan fingerprint density at radius 2 is 1.35 bits per heavy atom. The number of anilines is 2. The normalized spacial score (nSPS) is 18.9. The molecule has 1 aliphatic heterocycles. The molecule has 0 aliphatic carbocycles. The number of carbonyl (C=O) groups is 1. The van der Waals surface area contributed by atoms with Gasteiger partial charge in [0.05, 0.1) is 17.7 Å². The minimum Gasteiger partial charge on any atom is -0.365 e. The molecule has 0 radical (unpaired) electrons. The maximum atomic E-state index is 13.7. The van der Waals surface area contributed by atoms with Crippen LogP contribution in [0.3, 0.4) is 0 Å². The van der Waals surface area contributed by atoms with Crippen LogP contribution in [0.15, 0.2) is 72.8 Å². The third kappa shape index (κ3) is 4.83. The third-order valence-corrected chi connectivity index (χ3v) is 5.73. The number of hydrogen-bond acceptors (Lipinski definition) is 3. The molecule has 1 saturated heterocycles. The van der Waals surface area contributed by atoms with E-state index in [1.165, 1.54) is 4.90 Å². The molecule has 5 nitrogen and oxygen atoms in total. The Morgan fingerprint density at radius 3 is 1.85 bits per heavy atom. The van der Waals surface area contributed by atoms with E-state index in [0.29, 0.717) is 22.5 Å². The number of carbonyl (C=O) groups excluding carboxylic acids is 1. The highest BCUT2D eigenvalue weighted by Crippen LogP contribution is 2.44. The Labute approximate surface area is 203 Å². The number of aryl methyl sites for hydroxylation is 2. The minimum atomic E-state index is -1.65. The number of nitrogens with zero attached hydrogens (tertiary/aromatic N) is 3. The fourth-order valence-corrected chi connectivity index (χ4v) is 4.01. The van der Waals surface area contributed by atoms with E-state index in [1.807, 2.05) is 97.0 Å². The summed E-state index contributed by atoms with van der Waals surface area (Å²) in [5.74, 6) is 0. The van der Waals surface area contributed by atoms with Crippen LogP contribution in [0.1, 0.15) is 56.9 Å². The van der Waals surface area contributed by atoms with Gasteiger partial charge in [-0.15, -0.1) is 0 Å². The predicted octanol–water partition coefficient (Wildman–Crippen LogP) is 6.91. The lowest BCUT2D eigenvalue weighted by Crippen LogP contribution is -2.48. The van der Waals surface area contributed by atoms with Crippen molar-refractivity contribution in [2.75, 3.05) is 9.80 Å². The summed E-state index contributed by atoms with van der Waals surface area (Å²) in [7, 11) is 0. The van der Waals surface area contributed by atoms with Crippen LogP contribution in [-0.4, -0.2) is 17.2 Å². The van der Waals surface area contributed by atoms with E-state index in [2.05, 4.69) is 6.07 Å². The monoisotopic (exact) mass is 457 g/mol. The lowest BCUT2D eigenvalue weighted by Gasteiger charge is -2.35. The molecule has 1 fully saturated rings. The number of hydrogen-bond donors (Lipinski definition) is 1. The van der Waals surface area contributed by atoms with Gasteiger partial charge >= 0.3 is 6.03 Å². The summed E-state index contributed by atoms with van der Waals surface area (Å²) in [6.45, 7) is 13.8. The molecule has 178 valence electrons. The van der Waals surface area contributed by atoms with Crippen LogP contribution < -0.4 is 9.80 Å². The van der Waals surface area contributed by atoms with Gasteiger partial charge in [-0.05, 0) is 57.2 Å². The first kappa shape index (κ1) is 26.6. The van der Waals surface area contributed by atoms with E-state index < -0.39 is 11.8 Å². The summed E-state index contributed by atoms with van der Waals surface area (Å²) in [6, 6.07) is 23.1. The predicted molar refractivity (Wildman–Crippen MR) is 140 cm³/mol. The molecule has 1 N–H and O–H groups in total. The lowest BCUT2D eigenvalue weighted by molar-refractivity contribution is 0.0372. The van der Waals surface area contributed by atoms with Crippen molar-refractivity contribution in [2.45, 2.75) is 60.2 Å². The second-order valence-electron chi connectivity index (χ2n) is 7.75. The average molecular weight is 458 g/mol. The molecule has 0 saturated carbocycles. The number of benzene rings is 3. The molecule has 1 heterocycles. The largest absolute Gasteiger partial charge is 0.365 e. The fourth-order valence-electron chi connectivity index (χ4n) is 4.01. The van der Waals surface area contributed by atoms with Gasteiger partial charge in [-0.1, -0.05) is 75.2 Å². The number of nitriles is 1. The minimum absolute atomic E-state index is 0.319. The molecular formula is C29H35N3O2. The van der Waals surface area contributed by atoms with Gasteiger partial charge in [-0.25, -0.2) is 4.79 Å². The Kier molecular flexibility index (Phi) is 9.00. The summed E-state index contributed by atoms with van der Waals surface area (Å²) < 4.78 is 0. The molecular weight excluding hydrogens is 422 g/mol. The first-order valence-corrected chi connectivity index (χ1v) is 11.9. The molecule has 0 aromatic heterocycles. The maximum absolute atomic E-state index is 13.7. The summed E-state index contributed by atoms with van der Waals surface area (Å²) in [5.41, 5.74) is 2.73. The third-order valence-electron chi connectivity index (χ3n) is 5.73. The molecule has 3 aromatic carbocycles. The smallest absolute Gasteiger partial charge is 0.332 e. The number of amides is 2. The zero-order chi connectivity index (χ0) is 25.5. The van der Waals surface area contributed by atoms with Crippen LogP contribution in [-0.2, 0) is 5.72 Å². The van der Waals surface area contributed by atoms with E-state index in [9.17, 15) is 15.2 Å². The maximum Gasteiger partial charge on any atom is 0.332 e. The Hall–Kier alpha value is -3.62. The second-order valence-corrected chi connectivity index (χ2v) is 7.75. The second kappa shape index (κ2) is 11.5. The quantitative estimate of drug-likeness (QED) is 0.465. The van der Waals surface area contributed by atoms with E-state index in [0.717, 1.165) is 11.1 Å². The molecule has 2 atom stereocenters. The first-order chi connectivity index (χ1) is 16.4. The summed E-state index contributed by atoms with van der Waals surface area (Å²) >= 11 is 0. The molecule has 0 spiro atoms. The molecule has 5 heteroatoms. The van der Waals surface area contributed by atoms with Crippen LogP contribution in [0.5, 0.6) is 0 Å². The van der Waals surface area contributed by atoms with E-state index in [-0.39, 0.29) is 6.03 Å². The van der Waals surface area contributed by atoms with Gasteiger partial charge in [-0.3, -0.25) is 9.80 Å². The van der Waals surface area contributed by atoms with Crippen molar-refractivity contribution >= 4 is 17.4 Å². The van der Waals surface area contributed by atoms with Crippen LogP contribution in [0.25, 0.3) is 0 Å². The molecule has 4 rings (SSSR count). The van der Waals surface area contributed by atoms with Crippen molar-refractivity contribution in [1.82, 2.24) is 0 Å². The topological polar surface area (TPSA) is 67.6 Å². The standard InChI is InChI=1S/C25H23N3O2.2C2H6/c1-17-7-11-22(12-8-17)27-19(3)25(30,21-6-4-5-20(15-21)16-26)28(24(27)29)23-13-9-18(2)10-14-23;2*1-2/h4-15,19,30H,1-3H3;2*1-2H3. The first-order valence-electron chi connectivity index (χ1n) is 11.9. The number of urea groups is 1. The van der Waals surface area contributed by atoms with Crippen molar-refractivity contribution in [1.29, 1.82) is 5.26 Å². The zero-order valence-corrected chi connectivity index (χ0v) is 21.2. The summed E-state index contributed by atoms with van der Waals surface area (Å²) in [6.07, 6.45) is 0. The van der Waals surface area contributed by atoms with Crippen molar-refractivity contribution < 1.29 is 9.90 Å². The van der Waals surface area contributed by atoms with Gasteiger partial charge in [0.25, 0.3) is 0 Å². The summed E-state index contributed by atoms with van der Waals surface area (Å²) in [4.78, 5) is 16.7. The van der Waals surface area contributed by atoms with Crippen LogP contribution in [0.2, 0.25) is 0 Å². The zero-order valence-electron chi connectivity index (χ0n) is 21.2. The summed E-state index contributed by atoms with van der Waals surface area (Å²) in [5, 5.41) is 21.4. The lowest BCUT2D eigenvalue weighted by atomic mass is 9.93. The molecule has 0 bridgehead atoms. The average Bonchev–Trinajstić information content (AvgIpc) is 3.08. The van der Waals surface area contributed by atoms with Crippen LogP contribution in [0, 0.1) is 25.2 Å². The number of rotatable bonds is 3. The van der Waals surface area contributed by atoms with Crippen molar-refractivity contribution in [3.05, 3.63) is 95.1 Å². The van der Waals surface area contributed by atoms with E-state index in [1.54, 1.807) is 29.2 Å². The van der Waals surface area contributed by atoms with Gasteiger partial charge in [0.2, 0.25) is 0 Å². The highest BCUT2D eigenvalue weighted by Gasteiger charge is 2.56. The van der Waals surface area contributed by atoms with Gasteiger partial charge in [0, 0.05) is 16.9 Å². The van der Waals surface area contributed by atoms with Gasteiger partial charge in [-0.2, -0.15) is 5.26 Å². The molecule has 2 unspecified atom stereocenters. The molecule has 34 heavy (non-hydrogen) atoms. The van der Waals surface area contributed by atoms with Crippen LogP contribution >= 0.6 is 0 Å². The molecule has 2 amide bonds. The number of aliphatic hydroxyl groups is 1. The van der Waals surface area contributed by atoms with Gasteiger partial charge in [0.15, 0.2) is 5.72 Å². The van der Waals surface area contributed by atoms with Crippen molar-refractivity contribution in [3.8, 4) is 6.07 Å². The van der Waals surface area contributed by atoms with Crippen molar-refractivity contribution in [3.63, 3.8) is 0 Å². The molecule has 1 aliphatic rings. The fraction of sp³-hybridized carbons (Fsp3) is 0.310. The highest BCUT2D eigenvalue weighted by molar-refractivity contribution is 6.08. The van der Waals surface area contributed by atoms with Gasteiger partial charge < -0.3 is 5.11 Å². The van der Waals surface area contributed by atoms with Gasteiger partial charge in [0.1, 0.15) is 0 Å². The van der Waals surface area contributed by atoms with Crippen LogP contribution in [0.4, 0.5) is 16.2 Å². The Bertz CT molecular complexity index is 1130. The van der Waals surface area contributed by atoms with Crippen molar-refractivity contribution in [2.24, 2.45) is 0 Å². The SMILES string of the molecule is CC.CC.Cc1ccc(N2C(=O)N(c3ccc(C)cc3)C(O)(c3cccc(C#N)c3)C2C)cc1.